The maximum atomic E-state index is 13.0. The zero-order valence-electron chi connectivity index (χ0n) is 21.0. The molecule has 5 nitrogen and oxygen atoms in total. The van der Waals surface area contributed by atoms with E-state index in [4.69, 9.17) is 4.74 Å². The van der Waals surface area contributed by atoms with Crippen molar-refractivity contribution >= 4 is 17.5 Å². The van der Waals surface area contributed by atoms with E-state index in [2.05, 4.69) is 42.6 Å². The van der Waals surface area contributed by atoms with Gasteiger partial charge in [-0.15, -0.1) is 0 Å². The lowest BCUT2D eigenvalue weighted by molar-refractivity contribution is -0.133. The van der Waals surface area contributed by atoms with Crippen LogP contribution in [0.25, 0.3) is 0 Å². The summed E-state index contributed by atoms with van der Waals surface area (Å²) < 4.78 is 6.20. The van der Waals surface area contributed by atoms with Gasteiger partial charge in [-0.1, -0.05) is 61.9 Å². The molecule has 182 valence electrons. The van der Waals surface area contributed by atoms with Crippen molar-refractivity contribution in [1.82, 2.24) is 4.90 Å². The summed E-state index contributed by atoms with van der Waals surface area (Å²) in [5.74, 6) is 0.600. The van der Waals surface area contributed by atoms with Gasteiger partial charge < -0.3 is 15.0 Å². The Morgan fingerprint density at radius 3 is 2.46 bits per heavy atom. The normalized spacial score (nSPS) is 15.8. The SMILES string of the molecule is CCC(=O)N1CCc2ccc(O[C@H](CC)C(=O)Nc3cccc(C)c3)cc2[C@H]1c1ccc(C)cc1. The predicted molar refractivity (Wildman–Crippen MR) is 140 cm³/mol. The van der Waals surface area contributed by atoms with Crippen LogP contribution in [0.1, 0.15) is 60.5 Å². The first kappa shape index (κ1) is 24.5. The number of hydrogen-bond donors (Lipinski definition) is 1. The molecule has 0 saturated carbocycles. The van der Waals surface area contributed by atoms with Gasteiger partial charge in [-0.05, 0) is 73.2 Å². The minimum absolute atomic E-state index is 0.136. The molecule has 0 aliphatic carbocycles. The summed E-state index contributed by atoms with van der Waals surface area (Å²) in [4.78, 5) is 27.8. The van der Waals surface area contributed by atoms with Gasteiger partial charge in [0.05, 0.1) is 6.04 Å². The number of aryl methyl sites for hydroxylation is 2. The highest BCUT2D eigenvalue weighted by Crippen LogP contribution is 2.38. The van der Waals surface area contributed by atoms with Gasteiger partial charge in [0.15, 0.2) is 6.10 Å². The molecular weight excluding hydrogens is 436 g/mol. The van der Waals surface area contributed by atoms with E-state index in [9.17, 15) is 9.59 Å². The molecule has 0 fully saturated rings. The first-order valence-electron chi connectivity index (χ1n) is 12.4. The lowest BCUT2D eigenvalue weighted by Crippen LogP contribution is -2.40. The first-order valence-corrected chi connectivity index (χ1v) is 12.4. The first-order chi connectivity index (χ1) is 16.9. The Morgan fingerprint density at radius 2 is 1.77 bits per heavy atom. The predicted octanol–water partition coefficient (Wildman–Crippen LogP) is 5.98. The maximum Gasteiger partial charge on any atom is 0.265 e. The van der Waals surface area contributed by atoms with Gasteiger partial charge >= 0.3 is 0 Å². The Hall–Kier alpha value is -3.60. The molecule has 0 radical (unpaired) electrons. The van der Waals surface area contributed by atoms with Gasteiger partial charge in [-0.3, -0.25) is 9.59 Å². The molecule has 35 heavy (non-hydrogen) atoms. The highest BCUT2D eigenvalue weighted by molar-refractivity contribution is 5.94. The minimum Gasteiger partial charge on any atom is -0.481 e. The number of carbonyl (C=O) groups is 2. The molecule has 5 heteroatoms. The number of benzene rings is 3. The van der Waals surface area contributed by atoms with Gasteiger partial charge in [0.1, 0.15) is 5.75 Å². The van der Waals surface area contributed by atoms with Crippen LogP contribution < -0.4 is 10.1 Å². The van der Waals surface area contributed by atoms with E-state index < -0.39 is 6.10 Å². The third-order valence-electron chi connectivity index (χ3n) is 6.59. The lowest BCUT2D eigenvalue weighted by Gasteiger charge is -2.38. The summed E-state index contributed by atoms with van der Waals surface area (Å²) >= 11 is 0. The fourth-order valence-electron chi connectivity index (χ4n) is 4.68. The molecule has 1 N–H and O–H groups in total. The van der Waals surface area contributed by atoms with Gasteiger partial charge in [-0.25, -0.2) is 0 Å². The Balaban J connectivity index is 1.62. The van der Waals surface area contributed by atoms with Gasteiger partial charge in [0, 0.05) is 18.7 Å². The third kappa shape index (κ3) is 5.56. The number of nitrogens with one attached hydrogen (secondary N) is 1. The second-order valence-electron chi connectivity index (χ2n) is 9.24. The molecule has 0 saturated heterocycles. The zero-order valence-corrected chi connectivity index (χ0v) is 21.0. The molecule has 2 amide bonds. The van der Waals surface area contributed by atoms with Crippen LogP contribution in [0.2, 0.25) is 0 Å². The van der Waals surface area contributed by atoms with Gasteiger partial charge in [0.2, 0.25) is 5.91 Å². The number of carbonyl (C=O) groups excluding carboxylic acids is 2. The molecule has 3 aromatic carbocycles. The highest BCUT2D eigenvalue weighted by Gasteiger charge is 2.32. The number of hydrogen-bond acceptors (Lipinski definition) is 3. The third-order valence-corrected chi connectivity index (χ3v) is 6.59. The molecule has 1 heterocycles. The van der Waals surface area contributed by atoms with Gasteiger partial charge in [-0.2, -0.15) is 0 Å². The van der Waals surface area contributed by atoms with Crippen molar-refractivity contribution in [3.8, 4) is 5.75 Å². The number of anilines is 1. The van der Waals surface area contributed by atoms with E-state index in [-0.39, 0.29) is 17.9 Å². The molecule has 2 atom stereocenters. The Kier molecular flexibility index (Phi) is 7.54. The Bertz CT molecular complexity index is 1200. The topological polar surface area (TPSA) is 58.6 Å². The lowest BCUT2D eigenvalue weighted by atomic mass is 9.87. The zero-order chi connectivity index (χ0) is 24.9. The molecule has 0 bridgehead atoms. The van der Waals surface area contributed by atoms with E-state index in [1.165, 1.54) is 11.1 Å². The average molecular weight is 471 g/mol. The molecular formula is C30H34N2O3. The number of nitrogens with zero attached hydrogens (tertiary/aromatic N) is 1. The summed E-state index contributed by atoms with van der Waals surface area (Å²) in [6.45, 7) is 8.59. The molecule has 1 aliphatic rings. The Morgan fingerprint density at radius 1 is 1.00 bits per heavy atom. The molecule has 1 aliphatic heterocycles. The van der Waals surface area contributed by atoms with E-state index in [0.717, 1.165) is 28.8 Å². The Labute approximate surface area is 208 Å². The van der Waals surface area contributed by atoms with Crippen LogP contribution >= 0.6 is 0 Å². The van der Waals surface area contributed by atoms with E-state index >= 15 is 0 Å². The van der Waals surface area contributed by atoms with Crippen molar-refractivity contribution in [1.29, 1.82) is 0 Å². The summed E-state index contributed by atoms with van der Waals surface area (Å²) in [5, 5.41) is 2.97. The van der Waals surface area contributed by atoms with Crippen molar-refractivity contribution in [2.45, 2.75) is 59.1 Å². The quantitative estimate of drug-likeness (QED) is 0.462. The molecule has 3 aromatic rings. The monoisotopic (exact) mass is 470 g/mol. The van der Waals surface area contributed by atoms with Crippen LogP contribution in [-0.4, -0.2) is 29.4 Å². The van der Waals surface area contributed by atoms with E-state index in [1.807, 2.05) is 62.1 Å². The van der Waals surface area contributed by atoms with Gasteiger partial charge in [0.25, 0.3) is 5.91 Å². The molecule has 0 unspecified atom stereocenters. The second-order valence-corrected chi connectivity index (χ2v) is 9.24. The van der Waals surface area contributed by atoms with Crippen molar-refractivity contribution in [3.05, 3.63) is 94.5 Å². The fourth-order valence-corrected chi connectivity index (χ4v) is 4.68. The van der Waals surface area contributed by atoms with Crippen LogP contribution in [0.5, 0.6) is 5.75 Å². The van der Waals surface area contributed by atoms with Crippen LogP contribution in [0.3, 0.4) is 0 Å². The smallest absolute Gasteiger partial charge is 0.265 e. The molecule has 4 rings (SSSR count). The second kappa shape index (κ2) is 10.8. The summed E-state index contributed by atoms with van der Waals surface area (Å²) in [6, 6.07) is 22.0. The van der Waals surface area contributed by atoms with Crippen LogP contribution in [0.4, 0.5) is 5.69 Å². The van der Waals surface area contributed by atoms with Crippen LogP contribution in [0, 0.1) is 13.8 Å². The molecule has 0 aromatic heterocycles. The molecule has 0 spiro atoms. The standard InChI is InChI=1S/C30H34N2O3/c1-5-27(30(34)31-24-9-7-8-21(4)18-24)35-25-15-14-22-16-17-32(28(33)6-2)29(26(22)19-25)23-12-10-20(3)11-13-23/h7-15,18-19,27,29H,5-6,16-17H2,1-4H3,(H,31,34)/t27-,29-/m1/s1. The minimum atomic E-state index is -0.622. The van der Waals surface area contributed by atoms with Crippen molar-refractivity contribution in [2.75, 3.05) is 11.9 Å². The number of ether oxygens (including phenoxy) is 1. The van der Waals surface area contributed by atoms with Crippen LogP contribution in [-0.2, 0) is 16.0 Å². The summed E-state index contributed by atoms with van der Waals surface area (Å²) in [7, 11) is 0. The largest absolute Gasteiger partial charge is 0.481 e. The van der Waals surface area contributed by atoms with Crippen molar-refractivity contribution < 1.29 is 14.3 Å². The van der Waals surface area contributed by atoms with Crippen LogP contribution in [0.15, 0.2) is 66.7 Å². The number of fused-ring (bicyclic) bond motifs is 1. The van der Waals surface area contributed by atoms with E-state index in [0.29, 0.717) is 25.1 Å². The summed E-state index contributed by atoms with van der Waals surface area (Å²) in [5.41, 5.74) is 6.38. The van der Waals surface area contributed by atoms with Crippen molar-refractivity contribution in [2.24, 2.45) is 0 Å². The van der Waals surface area contributed by atoms with Crippen molar-refractivity contribution in [3.63, 3.8) is 0 Å². The highest BCUT2D eigenvalue weighted by atomic mass is 16.5. The fraction of sp³-hybridized carbons (Fsp3) is 0.333. The summed E-state index contributed by atoms with van der Waals surface area (Å²) in [6.07, 6.45) is 1.18. The number of amides is 2. The number of rotatable bonds is 7. The maximum absolute atomic E-state index is 13.0. The van der Waals surface area contributed by atoms with E-state index in [1.54, 1.807) is 0 Å². The average Bonchev–Trinajstić information content (AvgIpc) is 2.86.